The van der Waals surface area contributed by atoms with Crippen LogP contribution < -0.4 is 10.1 Å². The van der Waals surface area contributed by atoms with E-state index in [1.165, 1.54) is 29.2 Å². The van der Waals surface area contributed by atoms with Crippen LogP contribution in [-0.2, 0) is 0 Å². The maximum atomic E-state index is 5.76. The van der Waals surface area contributed by atoms with Crippen molar-refractivity contribution in [1.29, 1.82) is 0 Å². The summed E-state index contributed by atoms with van der Waals surface area (Å²) in [6.07, 6.45) is 2.72. The molecule has 3 rings (SSSR count). The lowest BCUT2D eigenvalue weighted by Gasteiger charge is -2.23. The SMILES string of the molecule is CC(C)Oc1ccc2cc(C3CCNCC3)ccc2c1. The van der Waals surface area contributed by atoms with Crippen molar-refractivity contribution in [2.45, 2.75) is 38.7 Å². The van der Waals surface area contributed by atoms with E-state index in [1.54, 1.807) is 0 Å². The first kappa shape index (κ1) is 13.4. The Bertz CT molecular complexity index is 585. The van der Waals surface area contributed by atoms with E-state index < -0.39 is 0 Å². The third-order valence-corrected chi connectivity index (χ3v) is 4.02. The van der Waals surface area contributed by atoms with Gasteiger partial charge in [0.05, 0.1) is 6.10 Å². The molecule has 0 unspecified atom stereocenters. The Morgan fingerprint density at radius 2 is 1.70 bits per heavy atom. The van der Waals surface area contributed by atoms with Gasteiger partial charge >= 0.3 is 0 Å². The molecule has 1 heterocycles. The van der Waals surface area contributed by atoms with Crippen LogP contribution in [0.4, 0.5) is 0 Å². The summed E-state index contributed by atoms with van der Waals surface area (Å²) in [6, 6.07) is 13.3. The number of hydrogen-bond donors (Lipinski definition) is 1. The molecule has 0 amide bonds. The minimum absolute atomic E-state index is 0.224. The fourth-order valence-electron chi connectivity index (χ4n) is 3.00. The number of piperidine rings is 1. The Morgan fingerprint density at radius 1 is 1.00 bits per heavy atom. The van der Waals surface area contributed by atoms with E-state index in [1.807, 2.05) is 0 Å². The van der Waals surface area contributed by atoms with Gasteiger partial charge in [0.2, 0.25) is 0 Å². The van der Waals surface area contributed by atoms with Gasteiger partial charge in [-0.05, 0) is 74.2 Å². The van der Waals surface area contributed by atoms with Crippen LogP contribution in [0.1, 0.15) is 38.2 Å². The van der Waals surface area contributed by atoms with Gasteiger partial charge in [-0.1, -0.05) is 24.3 Å². The molecule has 2 aromatic rings. The van der Waals surface area contributed by atoms with Gasteiger partial charge in [0, 0.05) is 0 Å². The smallest absolute Gasteiger partial charge is 0.120 e. The van der Waals surface area contributed by atoms with E-state index in [0.29, 0.717) is 5.92 Å². The van der Waals surface area contributed by atoms with Gasteiger partial charge in [-0.25, -0.2) is 0 Å². The zero-order valence-electron chi connectivity index (χ0n) is 12.4. The summed E-state index contributed by atoms with van der Waals surface area (Å²) < 4.78 is 5.76. The molecule has 1 saturated heterocycles. The molecule has 20 heavy (non-hydrogen) atoms. The Hall–Kier alpha value is -1.54. The number of benzene rings is 2. The van der Waals surface area contributed by atoms with Crippen LogP contribution in [0.15, 0.2) is 36.4 Å². The molecule has 1 N–H and O–H groups in total. The normalized spacial score (nSPS) is 16.8. The van der Waals surface area contributed by atoms with Crippen LogP contribution in [0.2, 0.25) is 0 Å². The number of ether oxygens (including phenoxy) is 1. The number of rotatable bonds is 3. The first-order chi connectivity index (χ1) is 9.72. The van der Waals surface area contributed by atoms with Crippen molar-refractivity contribution >= 4 is 10.8 Å². The first-order valence-corrected chi connectivity index (χ1v) is 7.63. The van der Waals surface area contributed by atoms with Gasteiger partial charge in [0.1, 0.15) is 5.75 Å². The fourth-order valence-corrected chi connectivity index (χ4v) is 3.00. The van der Waals surface area contributed by atoms with Crippen molar-refractivity contribution in [2.24, 2.45) is 0 Å². The standard InChI is InChI=1S/C18H23NO/c1-13(2)20-18-6-5-16-11-15(3-4-17(16)12-18)14-7-9-19-10-8-14/h3-6,11-14,19H,7-10H2,1-2H3. The molecule has 0 saturated carbocycles. The van der Waals surface area contributed by atoms with Crippen LogP contribution in [0.3, 0.4) is 0 Å². The van der Waals surface area contributed by atoms with Crippen molar-refractivity contribution in [3.8, 4) is 5.75 Å². The molecule has 1 fully saturated rings. The lowest BCUT2D eigenvalue weighted by molar-refractivity contribution is 0.243. The molecule has 0 radical (unpaired) electrons. The average Bonchev–Trinajstić information content (AvgIpc) is 2.47. The van der Waals surface area contributed by atoms with Crippen LogP contribution >= 0.6 is 0 Å². The Balaban J connectivity index is 1.87. The van der Waals surface area contributed by atoms with Crippen molar-refractivity contribution < 1.29 is 4.74 Å². The van der Waals surface area contributed by atoms with Crippen LogP contribution in [0, 0.1) is 0 Å². The highest BCUT2D eigenvalue weighted by Crippen LogP contribution is 2.29. The molecule has 0 aromatic heterocycles. The summed E-state index contributed by atoms with van der Waals surface area (Å²) >= 11 is 0. The second-order valence-corrected chi connectivity index (χ2v) is 5.96. The highest BCUT2D eigenvalue weighted by molar-refractivity contribution is 5.84. The third kappa shape index (κ3) is 2.96. The molecule has 106 valence electrons. The van der Waals surface area contributed by atoms with Crippen LogP contribution in [-0.4, -0.2) is 19.2 Å². The van der Waals surface area contributed by atoms with Gasteiger partial charge in [-0.3, -0.25) is 0 Å². The number of fused-ring (bicyclic) bond motifs is 1. The Morgan fingerprint density at radius 3 is 2.45 bits per heavy atom. The lowest BCUT2D eigenvalue weighted by Crippen LogP contribution is -2.26. The van der Waals surface area contributed by atoms with Crippen molar-refractivity contribution in [2.75, 3.05) is 13.1 Å². The molecule has 1 aliphatic heterocycles. The predicted molar refractivity (Wildman–Crippen MR) is 84.6 cm³/mol. The predicted octanol–water partition coefficient (Wildman–Crippen LogP) is 4.09. The molecule has 1 aliphatic rings. The highest BCUT2D eigenvalue weighted by atomic mass is 16.5. The summed E-state index contributed by atoms with van der Waals surface area (Å²) in [5.41, 5.74) is 1.48. The van der Waals surface area contributed by atoms with E-state index >= 15 is 0 Å². The largest absolute Gasteiger partial charge is 0.491 e. The monoisotopic (exact) mass is 269 g/mol. The minimum Gasteiger partial charge on any atom is -0.491 e. The van der Waals surface area contributed by atoms with Gasteiger partial charge < -0.3 is 10.1 Å². The summed E-state index contributed by atoms with van der Waals surface area (Å²) in [6.45, 7) is 6.41. The summed E-state index contributed by atoms with van der Waals surface area (Å²) in [5, 5.41) is 6.01. The van der Waals surface area contributed by atoms with E-state index in [9.17, 15) is 0 Å². The summed E-state index contributed by atoms with van der Waals surface area (Å²) in [5.74, 6) is 1.68. The van der Waals surface area contributed by atoms with E-state index in [-0.39, 0.29) is 6.10 Å². The second-order valence-electron chi connectivity index (χ2n) is 5.96. The highest BCUT2D eigenvalue weighted by Gasteiger charge is 2.15. The van der Waals surface area contributed by atoms with E-state index in [2.05, 4.69) is 55.6 Å². The zero-order valence-corrected chi connectivity index (χ0v) is 12.4. The Kier molecular flexibility index (Phi) is 3.93. The lowest BCUT2D eigenvalue weighted by atomic mass is 9.89. The van der Waals surface area contributed by atoms with Crippen molar-refractivity contribution in [3.05, 3.63) is 42.0 Å². The average molecular weight is 269 g/mol. The second kappa shape index (κ2) is 5.84. The molecule has 0 bridgehead atoms. The summed E-state index contributed by atoms with van der Waals surface area (Å²) in [4.78, 5) is 0. The molecule has 0 spiro atoms. The van der Waals surface area contributed by atoms with Crippen molar-refractivity contribution in [3.63, 3.8) is 0 Å². The van der Waals surface area contributed by atoms with Gasteiger partial charge in [-0.2, -0.15) is 0 Å². The zero-order chi connectivity index (χ0) is 13.9. The quantitative estimate of drug-likeness (QED) is 0.906. The Labute approximate surface area is 121 Å². The molecule has 0 aliphatic carbocycles. The fraction of sp³-hybridized carbons (Fsp3) is 0.444. The molecular formula is C18H23NO. The molecule has 0 atom stereocenters. The number of hydrogen-bond acceptors (Lipinski definition) is 2. The van der Waals surface area contributed by atoms with E-state index in [4.69, 9.17) is 4.74 Å². The minimum atomic E-state index is 0.224. The van der Waals surface area contributed by atoms with Crippen LogP contribution in [0.5, 0.6) is 5.75 Å². The van der Waals surface area contributed by atoms with Crippen LogP contribution in [0.25, 0.3) is 10.8 Å². The molecule has 2 nitrogen and oxygen atoms in total. The molecule has 2 aromatic carbocycles. The topological polar surface area (TPSA) is 21.3 Å². The molecule has 2 heteroatoms. The van der Waals surface area contributed by atoms with Gasteiger partial charge in [0.25, 0.3) is 0 Å². The number of nitrogens with one attached hydrogen (secondary N) is 1. The van der Waals surface area contributed by atoms with E-state index in [0.717, 1.165) is 18.8 Å². The summed E-state index contributed by atoms with van der Waals surface area (Å²) in [7, 11) is 0. The third-order valence-electron chi connectivity index (χ3n) is 4.02. The van der Waals surface area contributed by atoms with Gasteiger partial charge in [-0.15, -0.1) is 0 Å². The van der Waals surface area contributed by atoms with Gasteiger partial charge in [0.15, 0.2) is 0 Å². The molecular weight excluding hydrogens is 246 g/mol. The maximum Gasteiger partial charge on any atom is 0.120 e. The first-order valence-electron chi connectivity index (χ1n) is 7.63. The maximum absolute atomic E-state index is 5.76. The van der Waals surface area contributed by atoms with Crippen molar-refractivity contribution in [1.82, 2.24) is 5.32 Å².